The topological polar surface area (TPSA) is 59.8 Å². The lowest BCUT2D eigenvalue weighted by atomic mass is 10.0. The molecule has 5 nitrogen and oxygen atoms in total. The Bertz CT molecular complexity index is 1210. The average molecular weight is 422 g/mol. The van der Waals surface area contributed by atoms with Crippen LogP contribution in [0.25, 0.3) is 22.4 Å². The molecule has 1 amide bonds. The molecule has 31 heavy (non-hydrogen) atoms. The molecule has 0 fully saturated rings. The van der Waals surface area contributed by atoms with Crippen LogP contribution in [0, 0.1) is 11.6 Å². The van der Waals surface area contributed by atoms with Crippen LogP contribution in [0.2, 0.25) is 0 Å². The monoisotopic (exact) mass is 422 g/mol. The highest BCUT2D eigenvalue weighted by molar-refractivity contribution is 6.00. The number of carbonyl (C=O) groups is 1. The molecule has 4 aromatic rings. The molecule has 0 saturated carbocycles. The number of pyridine rings is 1. The number of rotatable bonds is 5. The van der Waals surface area contributed by atoms with Crippen molar-refractivity contribution >= 4 is 11.7 Å². The van der Waals surface area contributed by atoms with Crippen molar-refractivity contribution in [1.29, 1.82) is 0 Å². The molecule has 8 heteroatoms. The number of hydrogen-bond donors (Lipinski definition) is 1. The second-order valence-electron chi connectivity index (χ2n) is 6.84. The van der Waals surface area contributed by atoms with Gasteiger partial charge in [0.25, 0.3) is 5.91 Å². The highest BCUT2D eigenvalue weighted by atomic mass is 19.1. The first-order valence-corrected chi connectivity index (χ1v) is 9.38. The smallest absolute Gasteiger partial charge is 0.264 e. The number of benzene rings is 2. The van der Waals surface area contributed by atoms with Gasteiger partial charge in [-0.05, 0) is 59.7 Å². The van der Waals surface area contributed by atoms with E-state index in [0.717, 1.165) is 12.1 Å². The summed E-state index contributed by atoms with van der Waals surface area (Å²) in [6.45, 7) is 0. The van der Waals surface area contributed by atoms with Crippen LogP contribution in [0.15, 0.2) is 73.1 Å². The van der Waals surface area contributed by atoms with Crippen molar-refractivity contribution in [2.75, 3.05) is 5.32 Å². The van der Waals surface area contributed by atoms with E-state index in [-0.39, 0.29) is 11.4 Å². The summed E-state index contributed by atoms with van der Waals surface area (Å²) in [5.41, 5.74) is 2.37. The summed E-state index contributed by atoms with van der Waals surface area (Å²) in [6, 6.07) is 13.8. The average Bonchev–Trinajstić information content (AvgIpc) is 3.10. The third-order valence-electron chi connectivity index (χ3n) is 4.77. The van der Waals surface area contributed by atoms with Gasteiger partial charge in [-0.25, -0.2) is 13.2 Å². The molecule has 2 heterocycles. The van der Waals surface area contributed by atoms with Crippen molar-refractivity contribution in [3.05, 3.63) is 90.3 Å². The van der Waals surface area contributed by atoms with Gasteiger partial charge in [-0.2, -0.15) is 5.10 Å². The van der Waals surface area contributed by atoms with E-state index in [1.54, 1.807) is 43.7 Å². The number of nitrogens with one attached hydrogen (secondary N) is 1. The molecule has 156 valence electrons. The normalized spacial score (nSPS) is 11.9. The SMILES string of the molecule is Cn1nc(-c2ccc(F)cc2)c(-c2ccncc2)c1NC(=O)C(F)c1ccc(F)cc1. The van der Waals surface area contributed by atoms with Crippen molar-refractivity contribution in [3.63, 3.8) is 0 Å². The Morgan fingerprint density at radius 2 is 1.48 bits per heavy atom. The molecule has 4 rings (SSSR count). The molecular formula is C23H17F3N4O. The summed E-state index contributed by atoms with van der Waals surface area (Å²) in [6.07, 6.45) is 1.16. The number of hydrogen-bond acceptors (Lipinski definition) is 3. The Morgan fingerprint density at radius 1 is 0.903 bits per heavy atom. The third kappa shape index (κ3) is 4.18. The molecule has 1 atom stereocenters. The Kier molecular flexibility index (Phi) is 5.53. The fourth-order valence-corrected chi connectivity index (χ4v) is 3.23. The standard InChI is InChI=1S/C23H17F3N4O/c1-30-22(28-23(31)20(26)15-2-6-17(24)7-3-15)19(14-10-12-27-13-11-14)21(29-30)16-4-8-18(25)9-5-16/h2-13,20H,1H3,(H,28,31). The maximum absolute atomic E-state index is 14.8. The van der Waals surface area contributed by atoms with Crippen LogP contribution in [0.1, 0.15) is 11.7 Å². The lowest BCUT2D eigenvalue weighted by Gasteiger charge is -2.12. The number of alkyl halides is 1. The first-order valence-electron chi connectivity index (χ1n) is 9.38. The van der Waals surface area contributed by atoms with Crippen molar-refractivity contribution in [2.24, 2.45) is 7.05 Å². The van der Waals surface area contributed by atoms with E-state index in [9.17, 15) is 18.0 Å². The molecular weight excluding hydrogens is 405 g/mol. The largest absolute Gasteiger partial charge is 0.308 e. The van der Waals surface area contributed by atoms with Crippen LogP contribution >= 0.6 is 0 Å². The van der Waals surface area contributed by atoms with Crippen molar-refractivity contribution in [2.45, 2.75) is 6.17 Å². The molecule has 1 unspecified atom stereocenters. The highest BCUT2D eigenvalue weighted by Gasteiger charge is 2.25. The zero-order valence-electron chi connectivity index (χ0n) is 16.4. The second kappa shape index (κ2) is 8.43. The Balaban J connectivity index is 1.76. The molecule has 0 aliphatic carbocycles. The zero-order chi connectivity index (χ0) is 22.0. The number of anilines is 1. The molecule has 2 aromatic heterocycles. The predicted octanol–water partition coefficient (Wildman–Crippen LogP) is 5.08. The zero-order valence-corrected chi connectivity index (χ0v) is 16.4. The fraction of sp³-hybridized carbons (Fsp3) is 0.0870. The van der Waals surface area contributed by atoms with E-state index in [1.165, 1.54) is 28.9 Å². The predicted molar refractivity (Wildman–Crippen MR) is 111 cm³/mol. The van der Waals surface area contributed by atoms with Gasteiger partial charge in [0, 0.05) is 25.0 Å². The number of carbonyl (C=O) groups excluding carboxylic acids is 1. The van der Waals surface area contributed by atoms with Crippen LogP contribution in [0.4, 0.5) is 19.0 Å². The van der Waals surface area contributed by atoms with Crippen molar-refractivity contribution in [1.82, 2.24) is 14.8 Å². The van der Waals surface area contributed by atoms with E-state index < -0.39 is 23.7 Å². The van der Waals surface area contributed by atoms with E-state index in [1.807, 2.05) is 0 Å². The van der Waals surface area contributed by atoms with Gasteiger partial charge in [-0.15, -0.1) is 0 Å². The van der Waals surface area contributed by atoms with Gasteiger partial charge in [0.2, 0.25) is 6.17 Å². The Hall–Kier alpha value is -3.94. The number of aryl methyl sites for hydroxylation is 1. The molecule has 1 N–H and O–H groups in total. The quantitative estimate of drug-likeness (QED) is 0.488. The molecule has 0 aliphatic rings. The van der Waals surface area contributed by atoms with Gasteiger partial charge >= 0.3 is 0 Å². The van der Waals surface area contributed by atoms with Crippen molar-refractivity contribution in [3.8, 4) is 22.4 Å². The fourth-order valence-electron chi connectivity index (χ4n) is 3.23. The van der Waals surface area contributed by atoms with E-state index in [2.05, 4.69) is 15.4 Å². The number of amides is 1. The molecule has 0 aliphatic heterocycles. The molecule has 0 radical (unpaired) electrons. The van der Waals surface area contributed by atoms with E-state index >= 15 is 0 Å². The number of nitrogens with zero attached hydrogens (tertiary/aromatic N) is 3. The Morgan fingerprint density at radius 3 is 2.10 bits per heavy atom. The Labute approximate surface area is 176 Å². The number of aromatic nitrogens is 3. The summed E-state index contributed by atoms with van der Waals surface area (Å²) in [7, 11) is 1.61. The lowest BCUT2D eigenvalue weighted by molar-refractivity contribution is -0.121. The highest BCUT2D eigenvalue weighted by Crippen LogP contribution is 2.37. The summed E-state index contributed by atoms with van der Waals surface area (Å²) < 4.78 is 42.7. The summed E-state index contributed by atoms with van der Waals surface area (Å²) in [5, 5.41) is 7.06. The number of halogens is 3. The van der Waals surface area contributed by atoms with Gasteiger partial charge in [0.05, 0.1) is 5.56 Å². The van der Waals surface area contributed by atoms with Crippen molar-refractivity contribution < 1.29 is 18.0 Å². The molecule has 0 saturated heterocycles. The van der Waals surface area contributed by atoms with E-state index in [4.69, 9.17) is 0 Å². The first-order chi connectivity index (χ1) is 14.9. The minimum atomic E-state index is -2.00. The molecule has 0 bridgehead atoms. The second-order valence-corrected chi connectivity index (χ2v) is 6.84. The summed E-state index contributed by atoms with van der Waals surface area (Å²) >= 11 is 0. The van der Waals surface area contributed by atoms with Crippen LogP contribution in [-0.2, 0) is 11.8 Å². The van der Waals surface area contributed by atoms with Gasteiger partial charge in [0.15, 0.2) is 0 Å². The van der Waals surface area contributed by atoms with Gasteiger partial charge in [-0.3, -0.25) is 14.5 Å². The van der Waals surface area contributed by atoms with Gasteiger partial charge in [-0.1, -0.05) is 12.1 Å². The first kappa shape index (κ1) is 20.3. The summed E-state index contributed by atoms with van der Waals surface area (Å²) in [5.74, 6) is -1.57. The minimum absolute atomic E-state index is 0.0327. The third-order valence-corrected chi connectivity index (χ3v) is 4.77. The summed E-state index contributed by atoms with van der Waals surface area (Å²) in [4.78, 5) is 16.6. The van der Waals surface area contributed by atoms with Crippen LogP contribution < -0.4 is 5.32 Å². The lowest BCUT2D eigenvalue weighted by Crippen LogP contribution is -2.20. The van der Waals surface area contributed by atoms with Gasteiger partial charge < -0.3 is 5.32 Å². The van der Waals surface area contributed by atoms with Crippen LogP contribution in [-0.4, -0.2) is 20.7 Å². The van der Waals surface area contributed by atoms with Crippen LogP contribution in [0.5, 0.6) is 0 Å². The maximum Gasteiger partial charge on any atom is 0.264 e. The van der Waals surface area contributed by atoms with Crippen LogP contribution in [0.3, 0.4) is 0 Å². The molecule has 2 aromatic carbocycles. The minimum Gasteiger partial charge on any atom is -0.308 e. The van der Waals surface area contributed by atoms with Gasteiger partial charge in [0.1, 0.15) is 23.1 Å². The maximum atomic E-state index is 14.8. The van der Waals surface area contributed by atoms with E-state index in [0.29, 0.717) is 22.4 Å². The molecule has 0 spiro atoms.